The number of nitrogens with one attached hydrogen (secondary N) is 1. The van der Waals surface area contributed by atoms with Crippen molar-refractivity contribution < 1.29 is 14.6 Å². The van der Waals surface area contributed by atoms with Crippen molar-refractivity contribution in [2.75, 3.05) is 5.32 Å². The highest BCUT2D eigenvalue weighted by Gasteiger charge is 2.15. The zero-order valence-electron chi connectivity index (χ0n) is 19.2. The smallest absolute Gasteiger partial charge is 0.307 e. The Morgan fingerprint density at radius 2 is 1.71 bits per heavy atom. The van der Waals surface area contributed by atoms with E-state index in [-0.39, 0.29) is 6.42 Å². The molecule has 0 aliphatic rings. The van der Waals surface area contributed by atoms with Crippen molar-refractivity contribution in [3.63, 3.8) is 0 Å². The average Bonchev–Trinajstić information content (AvgIpc) is 2.74. The van der Waals surface area contributed by atoms with E-state index in [1.165, 1.54) is 0 Å². The van der Waals surface area contributed by atoms with Gasteiger partial charge in [0.25, 0.3) is 0 Å². The number of nitrogens with zero attached hydrogens (tertiary/aromatic N) is 1. The summed E-state index contributed by atoms with van der Waals surface area (Å²) in [7, 11) is 0. The Morgan fingerprint density at radius 3 is 2.26 bits per heavy atom. The summed E-state index contributed by atoms with van der Waals surface area (Å²) in [6, 6.07) is 18.5. The van der Waals surface area contributed by atoms with Crippen molar-refractivity contribution in [2.24, 2.45) is 5.92 Å². The number of anilines is 1. The number of carboxylic acid groups (broad SMARTS) is 1. The first-order chi connectivity index (χ1) is 16.2. The summed E-state index contributed by atoms with van der Waals surface area (Å²) in [5.41, 5.74) is 4.48. The van der Waals surface area contributed by atoms with Crippen LogP contribution in [0.15, 0.2) is 54.6 Å². The molecule has 2 N–H and O–H groups in total. The molecule has 7 heteroatoms. The molecule has 0 amide bonds. The van der Waals surface area contributed by atoms with Gasteiger partial charge in [0.05, 0.1) is 28.1 Å². The second-order valence-corrected chi connectivity index (χ2v) is 9.33. The lowest BCUT2D eigenvalue weighted by Gasteiger charge is -2.19. The molecule has 0 saturated carbocycles. The molecule has 3 rings (SSSR count). The van der Waals surface area contributed by atoms with E-state index in [1.807, 2.05) is 25.1 Å². The Kier molecular flexibility index (Phi) is 8.44. The van der Waals surface area contributed by atoms with Crippen molar-refractivity contribution in [3.05, 3.63) is 81.3 Å². The van der Waals surface area contributed by atoms with Gasteiger partial charge in [-0.2, -0.15) is 5.26 Å². The Hall–Kier alpha value is -3.20. The van der Waals surface area contributed by atoms with Crippen LogP contribution in [0.5, 0.6) is 5.75 Å². The van der Waals surface area contributed by atoms with Gasteiger partial charge < -0.3 is 15.2 Å². The number of ether oxygens (including phenoxy) is 1. The van der Waals surface area contributed by atoms with Gasteiger partial charge in [0.1, 0.15) is 5.75 Å². The molecule has 0 radical (unpaired) electrons. The Morgan fingerprint density at radius 1 is 1.06 bits per heavy atom. The number of carbonyl (C=O) groups is 1. The first kappa shape index (κ1) is 25.4. The number of hydrogen-bond donors (Lipinski definition) is 2. The second kappa shape index (κ2) is 11.3. The summed E-state index contributed by atoms with van der Waals surface area (Å²) >= 11 is 13.2. The monoisotopic (exact) mass is 496 g/mol. The van der Waals surface area contributed by atoms with E-state index in [9.17, 15) is 10.1 Å². The highest BCUT2D eigenvalue weighted by atomic mass is 35.5. The largest absolute Gasteiger partial charge is 0.481 e. The molecule has 3 aromatic rings. The molecule has 0 saturated heterocycles. The van der Waals surface area contributed by atoms with Gasteiger partial charge in [0, 0.05) is 11.3 Å². The fourth-order valence-electron chi connectivity index (χ4n) is 3.71. The number of aliphatic carboxylic acids is 1. The van der Waals surface area contributed by atoms with Crippen molar-refractivity contribution in [2.45, 2.75) is 39.8 Å². The molecule has 0 fully saturated rings. The zero-order chi connectivity index (χ0) is 24.8. The first-order valence-corrected chi connectivity index (χ1v) is 11.7. The van der Waals surface area contributed by atoms with Crippen LogP contribution in [0.25, 0.3) is 11.1 Å². The summed E-state index contributed by atoms with van der Waals surface area (Å²) < 4.78 is 5.87. The zero-order valence-corrected chi connectivity index (χ0v) is 20.7. The molecule has 1 atom stereocenters. The van der Waals surface area contributed by atoms with Gasteiger partial charge in [0.2, 0.25) is 0 Å². The number of rotatable bonds is 9. The molecule has 176 valence electrons. The van der Waals surface area contributed by atoms with E-state index in [4.69, 9.17) is 33.0 Å². The van der Waals surface area contributed by atoms with Gasteiger partial charge >= 0.3 is 5.97 Å². The fourth-order valence-corrected chi connectivity index (χ4v) is 4.42. The quantitative estimate of drug-likeness (QED) is 0.306. The summed E-state index contributed by atoms with van der Waals surface area (Å²) in [6.07, 6.45) is 0.394. The SMILES string of the molecule is CC(C)Cc1ccc(-c2c(Cl)cc(NC(C)Oc3ccc(CC(=O)O)cc3)cc2Cl)cc1C#N. The first-order valence-electron chi connectivity index (χ1n) is 10.9. The van der Waals surface area contributed by atoms with Gasteiger partial charge in [-0.1, -0.05) is 61.3 Å². The lowest BCUT2D eigenvalue weighted by molar-refractivity contribution is -0.136. The number of hydrogen-bond acceptors (Lipinski definition) is 4. The van der Waals surface area contributed by atoms with Gasteiger partial charge in [0.15, 0.2) is 6.23 Å². The van der Waals surface area contributed by atoms with Crippen LogP contribution in [-0.2, 0) is 17.6 Å². The molecule has 3 aromatic carbocycles. The van der Waals surface area contributed by atoms with Crippen LogP contribution in [0, 0.1) is 17.2 Å². The minimum absolute atomic E-state index is 0.0340. The van der Waals surface area contributed by atoms with Crippen molar-refractivity contribution in [3.8, 4) is 22.9 Å². The molecule has 34 heavy (non-hydrogen) atoms. The maximum absolute atomic E-state index is 10.8. The highest BCUT2D eigenvalue weighted by Crippen LogP contribution is 2.38. The minimum Gasteiger partial charge on any atom is -0.481 e. The summed E-state index contributed by atoms with van der Waals surface area (Å²) in [6.45, 7) is 6.08. The van der Waals surface area contributed by atoms with E-state index in [1.54, 1.807) is 36.4 Å². The molecular formula is C27H26Cl2N2O3. The Bertz CT molecular complexity index is 1190. The normalized spacial score (nSPS) is 11.7. The lowest BCUT2D eigenvalue weighted by Crippen LogP contribution is -2.22. The highest BCUT2D eigenvalue weighted by molar-refractivity contribution is 6.39. The number of carboxylic acids is 1. The predicted octanol–water partition coefficient (Wildman–Crippen LogP) is 7.19. The van der Waals surface area contributed by atoms with Crippen LogP contribution in [0.4, 0.5) is 5.69 Å². The standard InChI is InChI=1S/C27H26Cl2N2O3/c1-16(2)10-19-6-7-20(12-21(19)15-30)27-24(28)13-22(14-25(27)29)31-17(3)34-23-8-4-18(5-9-23)11-26(32)33/h4-9,12-14,16-17,31H,10-11H2,1-3H3,(H,32,33). The van der Waals surface area contributed by atoms with Crippen molar-refractivity contribution in [1.82, 2.24) is 0 Å². The minimum atomic E-state index is -0.878. The molecule has 1 unspecified atom stereocenters. The van der Waals surface area contributed by atoms with Gasteiger partial charge in [-0.3, -0.25) is 4.79 Å². The lowest BCUT2D eigenvalue weighted by atomic mass is 9.94. The van der Waals surface area contributed by atoms with Crippen molar-refractivity contribution in [1.29, 1.82) is 5.26 Å². The van der Waals surface area contributed by atoms with E-state index in [2.05, 4.69) is 25.2 Å². The van der Waals surface area contributed by atoms with Gasteiger partial charge in [-0.25, -0.2) is 0 Å². The van der Waals surface area contributed by atoms with E-state index < -0.39 is 12.2 Å². The van der Waals surface area contributed by atoms with Gasteiger partial charge in [-0.05, 0) is 66.3 Å². The third-order valence-corrected chi connectivity index (χ3v) is 5.75. The van der Waals surface area contributed by atoms with Crippen LogP contribution in [0.3, 0.4) is 0 Å². The molecular weight excluding hydrogens is 471 g/mol. The maximum atomic E-state index is 10.8. The van der Waals surface area contributed by atoms with Crippen LogP contribution in [0.1, 0.15) is 37.5 Å². The molecule has 0 aromatic heterocycles. The van der Waals surface area contributed by atoms with Gasteiger partial charge in [-0.15, -0.1) is 0 Å². The third-order valence-electron chi connectivity index (χ3n) is 5.15. The fraction of sp³-hybridized carbons (Fsp3) is 0.259. The summed E-state index contributed by atoms with van der Waals surface area (Å²) in [4.78, 5) is 10.8. The molecule has 5 nitrogen and oxygen atoms in total. The van der Waals surface area contributed by atoms with E-state index in [0.29, 0.717) is 44.1 Å². The average molecular weight is 497 g/mol. The topological polar surface area (TPSA) is 82.3 Å². The molecule has 0 spiro atoms. The molecule has 0 heterocycles. The van der Waals surface area contributed by atoms with Crippen LogP contribution in [0.2, 0.25) is 10.0 Å². The van der Waals surface area contributed by atoms with E-state index in [0.717, 1.165) is 17.5 Å². The predicted molar refractivity (Wildman–Crippen MR) is 137 cm³/mol. The van der Waals surface area contributed by atoms with Crippen LogP contribution >= 0.6 is 23.2 Å². The van der Waals surface area contributed by atoms with E-state index >= 15 is 0 Å². The third kappa shape index (κ3) is 6.66. The molecule has 0 aliphatic heterocycles. The molecule has 0 aliphatic carbocycles. The van der Waals surface area contributed by atoms with Crippen molar-refractivity contribution >= 4 is 34.9 Å². The summed E-state index contributed by atoms with van der Waals surface area (Å²) in [5.74, 6) is 0.173. The van der Waals surface area contributed by atoms with Crippen LogP contribution < -0.4 is 10.1 Å². The number of nitriles is 1. The second-order valence-electron chi connectivity index (χ2n) is 8.52. The number of halogens is 2. The Balaban J connectivity index is 1.75. The number of benzene rings is 3. The maximum Gasteiger partial charge on any atom is 0.307 e. The Labute approximate surface area is 209 Å². The summed E-state index contributed by atoms with van der Waals surface area (Å²) in [5, 5.41) is 22.6. The molecule has 0 bridgehead atoms. The van der Waals surface area contributed by atoms with Crippen LogP contribution in [-0.4, -0.2) is 17.3 Å².